The summed E-state index contributed by atoms with van der Waals surface area (Å²) in [6.07, 6.45) is 6.03. The third kappa shape index (κ3) is 2.96. The van der Waals surface area contributed by atoms with Gasteiger partial charge in [0.2, 0.25) is 0 Å². The number of hydrogen-bond acceptors (Lipinski definition) is 3. The molecule has 0 aromatic carbocycles. The van der Waals surface area contributed by atoms with E-state index in [0.29, 0.717) is 5.92 Å². The Hall–Kier alpha value is -0.120. The summed E-state index contributed by atoms with van der Waals surface area (Å²) in [7, 11) is 4.36. The molecule has 3 nitrogen and oxygen atoms in total. The molecule has 1 saturated carbocycles. The maximum absolute atomic E-state index is 9.82. The Balaban J connectivity index is 1.72. The Labute approximate surface area is 99.4 Å². The first-order chi connectivity index (χ1) is 7.66. The molecule has 0 amide bonds. The van der Waals surface area contributed by atoms with Crippen LogP contribution in [0.2, 0.25) is 0 Å². The summed E-state index contributed by atoms with van der Waals surface area (Å²) >= 11 is 0. The highest BCUT2D eigenvalue weighted by molar-refractivity contribution is 4.83. The van der Waals surface area contributed by atoms with Crippen molar-refractivity contribution in [3.8, 4) is 0 Å². The lowest BCUT2D eigenvalue weighted by molar-refractivity contribution is 0.0798. The minimum atomic E-state index is -0.0217. The first-order valence-corrected chi connectivity index (χ1v) is 6.73. The van der Waals surface area contributed by atoms with Crippen LogP contribution in [0.4, 0.5) is 0 Å². The Bertz CT molecular complexity index is 212. The van der Waals surface area contributed by atoms with Crippen molar-refractivity contribution in [3.63, 3.8) is 0 Å². The van der Waals surface area contributed by atoms with Crippen molar-refractivity contribution < 1.29 is 5.11 Å². The predicted octanol–water partition coefficient (Wildman–Crippen LogP) is 1.17. The molecule has 16 heavy (non-hydrogen) atoms. The normalized spacial score (nSPS) is 33.8. The number of rotatable bonds is 3. The van der Waals surface area contributed by atoms with Crippen LogP contribution in [-0.4, -0.2) is 60.8 Å². The second-order valence-corrected chi connectivity index (χ2v) is 5.75. The summed E-state index contributed by atoms with van der Waals surface area (Å²) in [6.45, 7) is 3.56. The van der Waals surface area contributed by atoms with Gasteiger partial charge in [0.15, 0.2) is 0 Å². The standard InChI is InChI=1S/C13H26N2O/c1-14(2)12-6-8-15(9-7-12)10-11-4-3-5-13(11)16/h11-13,16H,3-10H2,1-2H3. The van der Waals surface area contributed by atoms with Crippen molar-refractivity contribution in [2.24, 2.45) is 5.92 Å². The van der Waals surface area contributed by atoms with Crippen molar-refractivity contribution in [1.82, 2.24) is 9.80 Å². The molecule has 1 aliphatic carbocycles. The van der Waals surface area contributed by atoms with Gasteiger partial charge in [0.05, 0.1) is 6.10 Å². The van der Waals surface area contributed by atoms with Crippen LogP contribution >= 0.6 is 0 Å². The van der Waals surface area contributed by atoms with Crippen LogP contribution in [0.15, 0.2) is 0 Å². The fourth-order valence-corrected chi connectivity index (χ4v) is 3.18. The fraction of sp³-hybridized carbons (Fsp3) is 1.00. The Morgan fingerprint density at radius 2 is 1.81 bits per heavy atom. The van der Waals surface area contributed by atoms with Crippen molar-refractivity contribution in [3.05, 3.63) is 0 Å². The molecule has 0 aromatic heterocycles. The van der Waals surface area contributed by atoms with Crippen LogP contribution in [-0.2, 0) is 0 Å². The maximum Gasteiger partial charge on any atom is 0.0580 e. The topological polar surface area (TPSA) is 26.7 Å². The highest BCUT2D eigenvalue weighted by Gasteiger charge is 2.29. The van der Waals surface area contributed by atoms with Gasteiger partial charge in [-0.05, 0) is 58.8 Å². The zero-order valence-corrected chi connectivity index (χ0v) is 10.7. The Morgan fingerprint density at radius 3 is 2.31 bits per heavy atom. The van der Waals surface area contributed by atoms with Crippen molar-refractivity contribution in [2.75, 3.05) is 33.7 Å². The summed E-state index contributed by atoms with van der Waals surface area (Å²) in [6, 6.07) is 0.768. The van der Waals surface area contributed by atoms with Crippen LogP contribution in [0.3, 0.4) is 0 Å². The van der Waals surface area contributed by atoms with Crippen LogP contribution in [0.1, 0.15) is 32.1 Å². The third-order valence-corrected chi connectivity index (χ3v) is 4.40. The number of likely N-dealkylation sites (tertiary alicyclic amines) is 1. The van der Waals surface area contributed by atoms with E-state index in [2.05, 4.69) is 23.9 Å². The summed E-state index contributed by atoms with van der Waals surface area (Å²) in [5.41, 5.74) is 0. The molecule has 2 unspecified atom stereocenters. The van der Waals surface area contributed by atoms with Crippen molar-refractivity contribution >= 4 is 0 Å². The minimum Gasteiger partial charge on any atom is -0.393 e. The molecule has 2 fully saturated rings. The number of aliphatic hydroxyl groups is 1. The van der Waals surface area contributed by atoms with E-state index in [1.807, 2.05) is 0 Å². The first-order valence-electron chi connectivity index (χ1n) is 6.73. The molecule has 1 saturated heterocycles. The van der Waals surface area contributed by atoms with Gasteiger partial charge >= 0.3 is 0 Å². The smallest absolute Gasteiger partial charge is 0.0580 e. The van der Waals surface area contributed by atoms with E-state index in [-0.39, 0.29) is 6.10 Å². The van der Waals surface area contributed by atoms with E-state index in [4.69, 9.17) is 0 Å². The minimum absolute atomic E-state index is 0.0217. The van der Waals surface area contributed by atoms with Crippen LogP contribution < -0.4 is 0 Å². The van der Waals surface area contributed by atoms with Gasteiger partial charge in [0, 0.05) is 12.6 Å². The highest BCUT2D eigenvalue weighted by atomic mass is 16.3. The number of piperidine rings is 1. The van der Waals surface area contributed by atoms with E-state index in [0.717, 1.165) is 19.0 Å². The Morgan fingerprint density at radius 1 is 1.12 bits per heavy atom. The summed E-state index contributed by atoms with van der Waals surface area (Å²) in [4.78, 5) is 4.90. The van der Waals surface area contributed by atoms with Crippen molar-refractivity contribution in [1.29, 1.82) is 0 Å². The van der Waals surface area contributed by atoms with Gasteiger partial charge in [0.25, 0.3) is 0 Å². The molecule has 1 heterocycles. The molecule has 0 aromatic rings. The van der Waals surface area contributed by atoms with Gasteiger partial charge in [-0.1, -0.05) is 6.42 Å². The maximum atomic E-state index is 9.82. The van der Waals surface area contributed by atoms with Gasteiger partial charge < -0.3 is 14.9 Å². The highest BCUT2D eigenvalue weighted by Crippen LogP contribution is 2.27. The third-order valence-electron chi connectivity index (χ3n) is 4.40. The van der Waals surface area contributed by atoms with Gasteiger partial charge in [-0.2, -0.15) is 0 Å². The van der Waals surface area contributed by atoms with E-state index >= 15 is 0 Å². The molecule has 3 heteroatoms. The molecule has 1 aliphatic heterocycles. The molecule has 1 N–H and O–H groups in total. The SMILES string of the molecule is CN(C)C1CCN(CC2CCCC2O)CC1. The molecule has 0 spiro atoms. The molecule has 0 radical (unpaired) electrons. The van der Waals surface area contributed by atoms with E-state index in [1.54, 1.807) is 0 Å². The Kier molecular flexibility index (Phi) is 4.22. The summed E-state index contributed by atoms with van der Waals surface area (Å²) in [5, 5.41) is 9.82. The lowest BCUT2D eigenvalue weighted by atomic mass is 10.0. The van der Waals surface area contributed by atoms with Gasteiger partial charge in [-0.15, -0.1) is 0 Å². The van der Waals surface area contributed by atoms with Gasteiger partial charge in [-0.3, -0.25) is 0 Å². The van der Waals surface area contributed by atoms with Crippen LogP contribution in [0.25, 0.3) is 0 Å². The lowest BCUT2D eigenvalue weighted by Gasteiger charge is -2.36. The van der Waals surface area contributed by atoms with E-state index < -0.39 is 0 Å². The molecular weight excluding hydrogens is 200 g/mol. The van der Waals surface area contributed by atoms with Crippen LogP contribution in [0.5, 0.6) is 0 Å². The summed E-state index contributed by atoms with van der Waals surface area (Å²) in [5.74, 6) is 0.552. The molecule has 2 atom stereocenters. The largest absolute Gasteiger partial charge is 0.393 e. The number of hydrogen-bond donors (Lipinski definition) is 1. The van der Waals surface area contributed by atoms with Gasteiger partial charge in [0.1, 0.15) is 0 Å². The number of aliphatic hydroxyl groups excluding tert-OH is 1. The zero-order valence-electron chi connectivity index (χ0n) is 10.7. The van der Waals surface area contributed by atoms with E-state index in [9.17, 15) is 5.11 Å². The lowest BCUT2D eigenvalue weighted by Crippen LogP contribution is -2.44. The van der Waals surface area contributed by atoms with Gasteiger partial charge in [-0.25, -0.2) is 0 Å². The zero-order chi connectivity index (χ0) is 11.5. The number of nitrogens with zero attached hydrogens (tertiary/aromatic N) is 2. The quantitative estimate of drug-likeness (QED) is 0.782. The molecule has 94 valence electrons. The molecular formula is C13H26N2O. The average molecular weight is 226 g/mol. The second-order valence-electron chi connectivity index (χ2n) is 5.75. The average Bonchev–Trinajstić information content (AvgIpc) is 2.65. The molecule has 0 bridgehead atoms. The monoisotopic (exact) mass is 226 g/mol. The van der Waals surface area contributed by atoms with Crippen molar-refractivity contribution in [2.45, 2.75) is 44.2 Å². The fourth-order valence-electron chi connectivity index (χ4n) is 3.18. The predicted molar refractivity (Wildman–Crippen MR) is 66.5 cm³/mol. The second kappa shape index (κ2) is 5.48. The molecule has 2 rings (SSSR count). The van der Waals surface area contributed by atoms with Crippen LogP contribution in [0, 0.1) is 5.92 Å². The molecule has 2 aliphatic rings. The van der Waals surface area contributed by atoms with E-state index in [1.165, 1.54) is 38.8 Å². The summed E-state index contributed by atoms with van der Waals surface area (Å²) < 4.78 is 0. The first kappa shape index (κ1) is 12.3.